The number of ether oxygens (including phenoxy) is 1. The highest BCUT2D eigenvalue weighted by molar-refractivity contribution is 5.60. The molecule has 0 radical (unpaired) electrons. The molecule has 1 heterocycles. The van der Waals surface area contributed by atoms with Crippen LogP contribution in [-0.4, -0.2) is 16.6 Å². The average molecular weight is 268 g/mol. The summed E-state index contributed by atoms with van der Waals surface area (Å²) in [4.78, 5) is 8.61. The van der Waals surface area contributed by atoms with Crippen LogP contribution in [0, 0.1) is 25.2 Å². The Kier molecular flexibility index (Phi) is 4.16. The van der Waals surface area contributed by atoms with E-state index in [1.165, 1.54) is 0 Å². The Morgan fingerprint density at radius 3 is 2.50 bits per heavy atom. The van der Waals surface area contributed by atoms with Gasteiger partial charge in [0.25, 0.3) is 0 Å². The van der Waals surface area contributed by atoms with Gasteiger partial charge in [0.2, 0.25) is 5.95 Å². The molecule has 1 aromatic heterocycles. The zero-order chi connectivity index (χ0) is 14.5. The zero-order valence-corrected chi connectivity index (χ0v) is 11.8. The van der Waals surface area contributed by atoms with Crippen LogP contribution >= 0.6 is 0 Å². The van der Waals surface area contributed by atoms with E-state index in [1.54, 1.807) is 12.1 Å². The minimum absolute atomic E-state index is 0.487. The molecule has 2 aromatic rings. The molecule has 5 heteroatoms. The number of aryl methyl sites for hydroxylation is 2. The molecule has 0 fully saturated rings. The second-order valence-electron chi connectivity index (χ2n) is 4.36. The van der Waals surface area contributed by atoms with Crippen molar-refractivity contribution in [1.82, 2.24) is 9.97 Å². The number of nitriles is 1. The van der Waals surface area contributed by atoms with Crippen LogP contribution in [-0.2, 0) is 0 Å². The minimum Gasteiger partial charge on any atom is -0.492 e. The van der Waals surface area contributed by atoms with Gasteiger partial charge in [-0.15, -0.1) is 0 Å². The lowest BCUT2D eigenvalue weighted by atomic mass is 10.2. The van der Waals surface area contributed by atoms with E-state index in [-0.39, 0.29) is 0 Å². The highest BCUT2D eigenvalue weighted by Crippen LogP contribution is 2.23. The Bertz CT molecular complexity index is 641. The number of hydrogen-bond donors (Lipinski definition) is 1. The second kappa shape index (κ2) is 6.02. The summed E-state index contributed by atoms with van der Waals surface area (Å²) in [5, 5.41) is 12.2. The molecule has 0 aliphatic heterocycles. The summed E-state index contributed by atoms with van der Waals surface area (Å²) in [6.07, 6.45) is 0. The van der Waals surface area contributed by atoms with E-state index in [2.05, 4.69) is 21.4 Å². The Morgan fingerprint density at radius 1 is 1.20 bits per heavy atom. The molecule has 0 bridgehead atoms. The largest absolute Gasteiger partial charge is 0.492 e. The predicted molar refractivity (Wildman–Crippen MR) is 77.1 cm³/mol. The molecule has 0 amide bonds. The quantitative estimate of drug-likeness (QED) is 0.922. The molecule has 0 aliphatic carbocycles. The Balaban J connectivity index is 2.28. The van der Waals surface area contributed by atoms with Crippen molar-refractivity contribution in [3.63, 3.8) is 0 Å². The molecule has 2 rings (SSSR count). The molecule has 20 heavy (non-hydrogen) atoms. The van der Waals surface area contributed by atoms with Crippen LogP contribution in [0.1, 0.15) is 23.9 Å². The summed E-state index contributed by atoms with van der Waals surface area (Å²) in [6, 6.07) is 9.37. The molecule has 0 spiro atoms. The van der Waals surface area contributed by atoms with Gasteiger partial charge in [-0.3, -0.25) is 0 Å². The number of aromatic nitrogens is 2. The van der Waals surface area contributed by atoms with Gasteiger partial charge in [0.15, 0.2) is 0 Å². The number of anilines is 2. The van der Waals surface area contributed by atoms with Crippen molar-refractivity contribution in [3.8, 4) is 11.8 Å². The molecule has 1 N–H and O–H groups in total. The molecule has 5 nitrogen and oxygen atoms in total. The third-order valence-electron chi connectivity index (χ3n) is 2.64. The molecule has 0 aliphatic rings. The Morgan fingerprint density at radius 2 is 1.90 bits per heavy atom. The van der Waals surface area contributed by atoms with Crippen molar-refractivity contribution in [2.24, 2.45) is 0 Å². The van der Waals surface area contributed by atoms with E-state index in [0.29, 0.717) is 23.9 Å². The monoisotopic (exact) mass is 268 g/mol. The maximum Gasteiger partial charge on any atom is 0.227 e. The van der Waals surface area contributed by atoms with Gasteiger partial charge < -0.3 is 10.1 Å². The van der Waals surface area contributed by atoms with Gasteiger partial charge in [0.1, 0.15) is 11.8 Å². The van der Waals surface area contributed by atoms with E-state index in [9.17, 15) is 0 Å². The molecule has 0 saturated heterocycles. The second-order valence-corrected chi connectivity index (χ2v) is 4.36. The number of hydrogen-bond acceptors (Lipinski definition) is 5. The van der Waals surface area contributed by atoms with E-state index in [0.717, 1.165) is 17.1 Å². The van der Waals surface area contributed by atoms with Crippen molar-refractivity contribution < 1.29 is 4.74 Å². The van der Waals surface area contributed by atoms with E-state index < -0.39 is 0 Å². The summed E-state index contributed by atoms with van der Waals surface area (Å²) < 4.78 is 5.39. The fourth-order valence-electron chi connectivity index (χ4n) is 1.89. The van der Waals surface area contributed by atoms with Gasteiger partial charge >= 0.3 is 0 Å². The van der Waals surface area contributed by atoms with Crippen LogP contribution in [0.5, 0.6) is 5.75 Å². The highest BCUT2D eigenvalue weighted by atomic mass is 16.5. The van der Waals surface area contributed by atoms with E-state index in [4.69, 9.17) is 10.00 Å². The first-order chi connectivity index (χ1) is 9.62. The minimum atomic E-state index is 0.487. The maximum absolute atomic E-state index is 9.13. The number of nitrogens with one attached hydrogen (secondary N) is 1. The van der Waals surface area contributed by atoms with Crippen molar-refractivity contribution >= 4 is 11.6 Å². The van der Waals surface area contributed by atoms with Crippen molar-refractivity contribution in [1.29, 1.82) is 5.26 Å². The maximum atomic E-state index is 9.13. The lowest BCUT2D eigenvalue weighted by Gasteiger charge is -2.09. The summed E-state index contributed by atoms with van der Waals surface area (Å²) >= 11 is 0. The van der Waals surface area contributed by atoms with Crippen molar-refractivity contribution in [2.45, 2.75) is 20.8 Å². The van der Waals surface area contributed by atoms with Crippen molar-refractivity contribution in [3.05, 3.63) is 41.2 Å². The fourth-order valence-corrected chi connectivity index (χ4v) is 1.89. The SMILES string of the molecule is CCOc1ccc(Nc2nc(C)cc(C)n2)cc1C#N. The molecular formula is C15H16N4O. The molecule has 0 unspecified atom stereocenters. The molecular weight excluding hydrogens is 252 g/mol. The zero-order valence-electron chi connectivity index (χ0n) is 11.8. The topological polar surface area (TPSA) is 70.8 Å². The Hall–Kier alpha value is -2.61. The molecule has 0 saturated carbocycles. The summed E-state index contributed by atoms with van der Waals surface area (Å²) in [5.74, 6) is 1.11. The third kappa shape index (κ3) is 3.23. The van der Waals surface area contributed by atoms with Gasteiger partial charge in [0, 0.05) is 17.1 Å². The molecule has 0 atom stereocenters. The number of benzene rings is 1. The van der Waals surface area contributed by atoms with Gasteiger partial charge in [-0.05, 0) is 45.0 Å². The number of nitrogens with zero attached hydrogens (tertiary/aromatic N) is 3. The first-order valence-corrected chi connectivity index (χ1v) is 6.38. The third-order valence-corrected chi connectivity index (χ3v) is 2.64. The summed E-state index contributed by atoms with van der Waals surface area (Å²) in [7, 11) is 0. The van der Waals surface area contributed by atoms with Crippen LogP contribution < -0.4 is 10.1 Å². The lowest BCUT2D eigenvalue weighted by Crippen LogP contribution is -2.01. The van der Waals surface area contributed by atoms with Crippen LogP contribution in [0.25, 0.3) is 0 Å². The summed E-state index contributed by atoms with van der Waals surface area (Å²) in [5.41, 5.74) is 3.04. The van der Waals surface area contributed by atoms with Gasteiger partial charge in [-0.25, -0.2) is 9.97 Å². The lowest BCUT2D eigenvalue weighted by molar-refractivity contribution is 0.339. The van der Waals surface area contributed by atoms with E-state index in [1.807, 2.05) is 32.9 Å². The van der Waals surface area contributed by atoms with Gasteiger partial charge in [-0.2, -0.15) is 5.26 Å². The first kappa shape index (κ1) is 13.8. The van der Waals surface area contributed by atoms with Crippen molar-refractivity contribution in [2.75, 3.05) is 11.9 Å². The van der Waals surface area contributed by atoms with Gasteiger partial charge in [-0.1, -0.05) is 0 Å². The van der Waals surface area contributed by atoms with Crippen LogP contribution in [0.4, 0.5) is 11.6 Å². The standard InChI is InChI=1S/C15H16N4O/c1-4-20-14-6-5-13(8-12(14)9-16)19-15-17-10(2)7-11(3)18-15/h5-8H,4H2,1-3H3,(H,17,18,19). The van der Waals surface area contributed by atoms with E-state index >= 15 is 0 Å². The van der Waals surface area contributed by atoms with Crippen LogP contribution in [0.15, 0.2) is 24.3 Å². The normalized spacial score (nSPS) is 9.90. The van der Waals surface area contributed by atoms with Crippen LogP contribution in [0.2, 0.25) is 0 Å². The predicted octanol–water partition coefficient (Wildman–Crippen LogP) is 3.11. The molecule has 102 valence electrons. The highest BCUT2D eigenvalue weighted by Gasteiger charge is 2.06. The smallest absolute Gasteiger partial charge is 0.227 e. The fraction of sp³-hybridized carbons (Fsp3) is 0.267. The first-order valence-electron chi connectivity index (χ1n) is 6.38. The van der Waals surface area contributed by atoms with Gasteiger partial charge in [0.05, 0.1) is 12.2 Å². The summed E-state index contributed by atoms with van der Waals surface area (Å²) in [6.45, 7) is 6.25. The Labute approximate surface area is 118 Å². The van der Waals surface area contributed by atoms with Crippen LogP contribution in [0.3, 0.4) is 0 Å². The number of rotatable bonds is 4. The average Bonchev–Trinajstić information content (AvgIpc) is 2.39. The molecule has 1 aromatic carbocycles.